The number of rotatable bonds is 4. The quantitative estimate of drug-likeness (QED) is 0.688. The van der Waals surface area contributed by atoms with Gasteiger partial charge in [-0.05, 0) is 44.4 Å². The lowest BCUT2D eigenvalue weighted by atomic mass is 10.0. The Hall–Kier alpha value is -2.29. The van der Waals surface area contributed by atoms with Crippen molar-refractivity contribution in [1.29, 1.82) is 0 Å². The highest BCUT2D eigenvalue weighted by Gasteiger charge is 2.10. The number of fused-ring (bicyclic) bond motifs is 1. The molecule has 0 fully saturated rings. The monoisotopic (exact) mass is 305 g/mol. The van der Waals surface area contributed by atoms with E-state index in [1.165, 1.54) is 0 Å². The van der Waals surface area contributed by atoms with Gasteiger partial charge in [0.1, 0.15) is 0 Å². The Morgan fingerprint density at radius 1 is 1.00 bits per heavy atom. The Morgan fingerprint density at radius 2 is 1.78 bits per heavy atom. The molecule has 3 rings (SSSR count). The first-order valence-corrected chi connectivity index (χ1v) is 8.28. The zero-order chi connectivity index (χ0) is 16.4. The lowest BCUT2D eigenvalue weighted by molar-refractivity contribution is 0.552. The molecule has 2 aromatic heterocycles. The van der Waals surface area contributed by atoms with Crippen molar-refractivity contribution in [2.75, 3.05) is 0 Å². The molecule has 0 aliphatic carbocycles. The van der Waals surface area contributed by atoms with Gasteiger partial charge in [0.05, 0.1) is 5.52 Å². The van der Waals surface area contributed by atoms with E-state index in [9.17, 15) is 0 Å². The molecule has 0 spiro atoms. The summed E-state index contributed by atoms with van der Waals surface area (Å²) in [5.74, 6) is 1.42. The second kappa shape index (κ2) is 6.45. The largest absolute Gasteiger partial charge is 0.258 e. The molecule has 1 atom stereocenters. The van der Waals surface area contributed by atoms with E-state index in [1.54, 1.807) is 0 Å². The summed E-state index contributed by atoms with van der Waals surface area (Å²) in [5.41, 5.74) is 5.22. The van der Waals surface area contributed by atoms with Crippen molar-refractivity contribution in [3.05, 3.63) is 53.5 Å². The molecular formula is C20H23N3. The molecule has 23 heavy (non-hydrogen) atoms. The summed E-state index contributed by atoms with van der Waals surface area (Å²) in [6, 6.07) is 12.4. The van der Waals surface area contributed by atoms with Crippen molar-refractivity contribution in [3.63, 3.8) is 0 Å². The van der Waals surface area contributed by atoms with E-state index in [0.29, 0.717) is 5.92 Å². The fourth-order valence-electron chi connectivity index (χ4n) is 2.84. The lowest BCUT2D eigenvalue weighted by Crippen LogP contribution is -2.03. The van der Waals surface area contributed by atoms with E-state index in [1.807, 2.05) is 32.0 Å². The Morgan fingerprint density at radius 3 is 2.57 bits per heavy atom. The highest BCUT2D eigenvalue weighted by atomic mass is 14.9. The molecule has 3 aromatic rings. The first-order chi connectivity index (χ1) is 11.1. The Labute approximate surface area is 137 Å². The van der Waals surface area contributed by atoms with Crippen LogP contribution < -0.4 is 0 Å². The SMILES string of the molecule is CCC(C)Cc1cc(-c2nc(C)c3ccccc3n2)cc(C)n1. The summed E-state index contributed by atoms with van der Waals surface area (Å²) < 4.78 is 0. The Bertz CT molecular complexity index is 839. The average Bonchev–Trinajstić information content (AvgIpc) is 2.54. The fourth-order valence-corrected chi connectivity index (χ4v) is 2.84. The highest BCUT2D eigenvalue weighted by Crippen LogP contribution is 2.23. The average molecular weight is 305 g/mol. The second-order valence-corrected chi connectivity index (χ2v) is 6.36. The van der Waals surface area contributed by atoms with Gasteiger partial charge < -0.3 is 0 Å². The van der Waals surface area contributed by atoms with Crippen LogP contribution in [0.25, 0.3) is 22.3 Å². The predicted molar refractivity (Wildman–Crippen MR) is 95.4 cm³/mol. The summed E-state index contributed by atoms with van der Waals surface area (Å²) >= 11 is 0. The van der Waals surface area contributed by atoms with Crippen LogP contribution in [0.3, 0.4) is 0 Å². The van der Waals surface area contributed by atoms with E-state index in [-0.39, 0.29) is 0 Å². The number of aromatic nitrogens is 3. The molecule has 0 saturated heterocycles. The molecule has 0 aliphatic rings. The zero-order valence-electron chi connectivity index (χ0n) is 14.3. The van der Waals surface area contributed by atoms with Gasteiger partial charge in [-0.25, -0.2) is 9.97 Å². The van der Waals surface area contributed by atoms with Gasteiger partial charge in [-0.3, -0.25) is 4.98 Å². The third-order valence-corrected chi connectivity index (χ3v) is 4.31. The first kappa shape index (κ1) is 15.6. The topological polar surface area (TPSA) is 38.7 Å². The second-order valence-electron chi connectivity index (χ2n) is 6.36. The van der Waals surface area contributed by atoms with E-state index in [0.717, 1.165) is 52.2 Å². The molecular weight excluding hydrogens is 282 g/mol. The molecule has 2 heterocycles. The minimum absolute atomic E-state index is 0.636. The minimum Gasteiger partial charge on any atom is -0.258 e. The molecule has 3 nitrogen and oxygen atoms in total. The van der Waals surface area contributed by atoms with Gasteiger partial charge >= 0.3 is 0 Å². The number of nitrogens with zero attached hydrogens (tertiary/aromatic N) is 3. The van der Waals surface area contributed by atoms with Gasteiger partial charge in [0, 0.05) is 28.0 Å². The predicted octanol–water partition coefficient (Wildman–Crippen LogP) is 4.90. The van der Waals surface area contributed by atoms with Crippen LogP contribution in [0.4, 0.5) is 0 Å². The maximum atomic E-state index is 4.75. The fraction of sp³-hybridized carbons (Fsp3) is 0.350. The van der Waals surface area contributed by atoms with Gasteiger partial charge in [-0.15, -0.1) is 0 Å². The van der Waals surface area contributed by atoms with Crippen molar-refractivity contribution in [1.82, 2.24) is 15.0 Å². The van der Waals surface area contributed by atoms with E-state index >= 15 is 0 Å². The van der Waals surface area contributed by atoms with Crippen LogP contribution in [0.5, 0.6) is 0 Å². The maximum Gasteiger partial charge on any atom is 0.160 e. The van der Waals surface area contributed by atoms with E-state index in [4.69, 9.17) is 9.97 Å². The summed E-state index contributed by atoms with van der Waals surface area (Å²) in [6.45, 7) is 8.57. The number of hydrogen-bond acceptors (Lipinski definition) is 3. The summed E-state index contributed by atoms with van der Waals surface area (Å²) in [6.07, 6.45) is 2.16. The normalized spacial score (nSPS) is 12.5. The number of para-hydroxylation sites is 1. The standard InChI is InChI=1S/C20H23N3/c1-5-13(2)10-17-12-16(11-14(3)21-17)20-22-15(4)18-8-6-7-9-19(18)23-20/h6-9,11-13H,5,10H2,1-4H3. The van der Waals surface area contributed by atoms with Gasteiger partial charge in [-0.1, -0.05) is 38.5 Å². The lowest BCUT2D eigenvalue weighted by Gasteiger charge is -2.11. The summed E-state index contributed by atoms with van der Waals surface area (Å²) in [7, 11) is 0. The van der Waals surface area contributed by atoms with Gasteiger partial charge in [0.2, 0.25) is 0 Å². The number of hydrogen-bond donors (Lipinski definition) is 0. The molecule has 0 bridgehead atoms. The van der Waals surface area contributed by atoms with Crippen LogP contribution in [-0.4, -0.2) is 15.0 Å². The maximum absolute atomic E-state index is 4.75. The Kier molecular flexibility index (Phi) is 4.37. The highest BCUT2D eigenvalue weighted by molar-refractivity contribution is 5.82. The molecule has 0 amide bonds. The summed E-state index contributed by atoms with van der Waals surface area (Å²) in [5, 5.41) is 1.11. The van der Waals surface area contributed by atoms with Crippen LogP contribution in [0.2, 0.25) is 0 Å². The third-order valence-electron chi connectivity index (χ3n) is 4.31. The van der Waals surface area contributed by atoms with Gasteiger partial charge in [-0.2, -0.15) is 0 Å². The van der Waals surface area contributed by atoms with E-state index < -0.39 is 0 Å². The number of pyridine rings is 1. The third kappa shape index (κ3) is 3.39. The van der Waals surface area contributed by atoms with Crippen LogP contribution >= 0.6 is 0 Å². The van der Waals surface area contributed by atoms with Crippen LogP contribution in [-0.2, 0) is 6.42 Å². The number of aryl methyl sites for hydroxylation is 2. The van der Waals surface area contributed by atoms with E-state index in [2.05, 4.69) is 37.0 Å². The zero-order valence-corrected chi connectivity index (χ0v) is 14.3. The number of benzene rings is 1. The first-order valence-electron chi connectivity index (χ1n) is 8.28. The van der Waals surface area contributed by atoms with Crippen molar-refractivity contribution in [2.24, 2.45) is 5.92 Å². The molecule has 1 aromatic carbocycles. The molecule has 118 valence electrons. The van der Waals surface area contributed by atoms with Gasteiger partial charge in [0.25, 0.3) is 0 Å². The smallest absolute Gasteiger partial charge is 0.160 e. The van der Waals surface area contributed by atoms with Crippen molar-refractivity contribution in [2.45, 2.75) is 40.5 Å². The Balaban J connectivity index is 2.07. The summed E-state index contributed by atoms with van der Waals surface area (Å²) in [4.78, 5) is 14.1. The molecule has 1 unspecified atom stereocenters. The van der Waals surface area contributed by atoms with Crippen molar-refractivity contribution >= 4 is 10.9 Å². The molecule has 3 heteroatoms. The molecule has 0 N–H and O–H groups in total. The van der Waals surface area contributed by atoms with Crippen LogP contribution in [0.1, 0.15) is 37.4 Å². The molecule has 0 aliphatic heterocycles. The van der Waals surface area contributed by atoms with Crippen LogP contribution in [0.15, 0.2) is 36.4 Å². The molecule has 0 saturated carbocycles. The van der Waals surface area contributed by atoms with Crippen molar-refractivity contribution < 1.29 is 0 Å². The molecule has 0 radical (unpaired) electrons. The minimum atomic E-state index is 0.636. The van der Waals surface area contributed by atoms with Crippen LogP contribution in [0, 0.1) is 19.8 Å². The van der Waals surface area contributed by atoms with Crippen molar-refractivity contribution in [3.8, 4) is 11.4 Å². The van der Waals surface area contributed by atoms with Gasteiger partial charge in [0.15, 0.2) is 5.82 Å².